The molecule has 1 nitrogen and oxygen atoms in total. The Kier molecular flexibility index (Phi) is 3.34. The first-order valence-electron chi connectivity index (χ1n) is 6.43. The third kappa shape index (κ3) is 2.30. The number of hydrogen-bond donors (Lipinski definition) is 0. The molecule has 1 aromatic rings. The SMILES string of the molecule is CC(C)c1ccc2c(c1)CCN(C(C)C)C2. The predicted molar refractivity (Wildman–Crippen MR) is 69.8 cm³/mol. The van der Waals surface area contributed by atoms with Crippen LogP contribution in [0.4, 0.5) is 0 Å². The van der Waals surface area contributed by atoms with E-state index >= 15 is 0 Å². The minimum Gasteiger partial charge on any atom is -0.296 e. The first-order chi connectivity index (χ1) is 7.58. The highest BCUT2D eigenvalue weighted by Crippen LogP contribution is 2.24. The second kappa shape index (κ2) is 4.58. The van der Waals surface area contributed by atoms with Gasteiger partial charge >= 0.3 is 0 Å². The van der Waals surface area contributed by atoms with E-state index in [2.05, 4.69) is 50.8 Å². The largest absolute Gasteiger partial charge is 0.296 e. The fourth-order valence-corrected chi connectivity index (χ4v) is 2.39. The Morgan fingerprint density at radius 2 is 1.81 bits per heavy atom. The molecule has 0 radical (unpaired) electrons. The molecule has 1 aliphatic heterocycles. The number of nitrogens with zero attached hydrogens (tertiary/aromatic N) is 1. The molecular weight excluding hydrogens is 194 g/mol. The molecule has 0 aromatic heterocycles. The summed E-state index contributed by atoms with van der Waals surface area (Å²) in [6, 6.07) is 7.71. The molecule has 0 spiro atoms. The summed E-state index contributed by atoms with van der Waals surface area (Å²) in [5.74, 6) is 0.647. The summed E-state index contributed by atoms with van der Waals surface area (Å²) >= 11 is 0. The summed E-state index contributed by atoms with van der Waals surface area (Å²) in [6.07, 6.45) is 1.22. The van der Waals surface area contributed by atoms with Gasteiger partial charge in [-0.1, -0.05) is 32.0 Å². The standard InChI is InChI=1S/C15H23N/c1-11(2)13-5-6-15-10-16(12(3)4)8-7-14(15)9-13/h5-6,9,11-12H,7-8,10H2,1-4H3. The molecule has 0 saturated heterocycles. The smallest absolute Gasteiger partial charge is 0.0239 e. The third-order valence-corrected chi connectivity index (χ3v) is 3.67. The predicted octanol–water partition coefficient (Wildman–Crippen LogP) is 3.58. The number of hydrogen-bond acceptors (Lipinski definition) is 1. The third-order valence-electron chi connectivity index (χ3n) is 3.67. The van der Waals surface area contributed by atoms with Crippen molar-refractivity contribution in [3.63, 3.8) is 0 Å². The van der Waals surface area contributed by atoms with Crippen LogP contribution in [0, 0.1) is 0 Å². The second-order valence-electron chi connectivity index (χ2n) is 5.50. The van der Waals surface area contributed by atoms with Gasteiger partial charge in [0.15, 0.2) is 0 Å². The highest BCUT2D eigenvalue weighted by molar-refractivity contribution is 5.35. The van der Waals surface area contributed by atoms with Crippen LogP contribution in [0.3, 0.4) is 0 Å². The van der Waals surface area contributed by atoms with Crippen LogP contribution in [0.5, 0.6) is 0 Å². The van der Waals surface area contributed by atoms with Gasteiger partial charge in [-0.15, -0.1) is 0 Å². The molecule has 0 saturated carbocycles. The topological polar surface area (TPSA) is 3.24 Å². The van der Waals surface area contributed by atoms with Crippen molar-refractivity contribution in [2.24, 2.45) is 0 Å². The maximum atomic E-state index is 2.55. The van der Waals surface area contributed by atoms with Gasteiger partial charge in [0.25, 0.3) is 0 Å². The average Bonchev–Trinajstić information content (AvgIpc) is 2.27. The lowest BCUT2D eigenvalue weighted by molar-refractivity contribution is 0.203. The molecule has 0 aliphatic carbocycles. The molecule has 0 atom stereocenters. The number of benzene rings is 1. The van der Waals surface area contributed by atoms with Crippen LogP contribution in [-0.2, 0) is 13.0 Å². The van der Waals surface area contributed by atoms with Crippen LogP contribution in [0.15, 0.2) is 18.2 Å². The van der Waals surface area contributed by atoms with E-state index in [0.29, 0.717) is 12.0 Å². The van der Waals surface area contributed by atoms with Gasteiger partial charge in [0.1, 0.15) is 0 Å². The van der Waals surface area contributed by atoms with E-state index in [0.717, 1.165) is 6.54 Å². The molecule has 1 heterocycles. The Morgan fingerprint density at radius 3 is 2.44 bits per heavy atom. The lowest BCUT2D eigenvalue weighted by Gasteiger charge is -2.32. The van der Waals surface area contributed by atoms with Crippen LogP contribution in [-0.4, -0.2) is 17.5 Å². The molecule has 2 rings (SSSR count). The first-order valence-corrected chi connectivity index (χ1v) is 6.43. The van der Waals surface area contributed by atoms with Crippen LogP contribution < -0.4 is 0 Å². The van der Waals surface area contributed by atoms with E-state index in [1.165, 1.54) is 24.1 Å². The molecule has 1 aromatic carbocycles. The van der Waals surface area contributed by atoms with Crippen molar-refractivity contribution in [1.29, 1.82) is 0 Å². The highest BCUT2D eigenvalue weighted by Gasteiger charge is 2.18. The second-order valence-corrected chi connectivity index (χ2v) is 5.50. The highest BCUT2D eigenvalue weighted by atomic mass is 15.1. The molecule has 0 fully saturated rings. The van der Waals surface area contributed by atoms with E-state index < -0.39 is 0 Å². The van der Waals surface area contributed by atoms with Gasteiger partial charge in [-0.2, -0.15) is 0 Å². The Labute approximate surface area is 99.5 Å². The van der Waals surface area contributed by atoms with Gasteiger partial charge in [0.05, 0.1) is 0 Å². The van der Waals surface area contributed by atoms with E-state index in [-0.39, 0.29) is 0 Å². The molecule has 1 aliphatic rings. The van der Waals surface area contributed by atoms with Crippen LogP contribution in [0.2, 0.25) is 0 Å². The van der Waals surface area contributed by atoms with Gasteiger partial charge in [-0.3, -0.25) is 4.90 Å². The minimum absolute atomic E-state index is 0.647. The summed E-state index contributed by atoms with van der Waals surface area (Å²) < 4.78 is 0. The van der Waals surface area contributed by atoms with Gasteiger partial charge < -0.3 is 0 Å². The van der Waals surface area contributed by atoms with Crippen molar-refractivity contribution in [2.75, 3.05) is 6.54 Å². The van der Waals surface area contributed by atoms with Crippen molar-refractivity contribution in [1.82, 2.24) is 4.90 Å². The number of fused-ring (bicyclic) bond motifs is 1. The molecule has 0 N–H and O–H groups in total. The zero-order valence-corrected chi connectivity index (χ0v) is 11.0. The van der Waals surface area contributed by atoms with Crippen LogP contribution in [0.1, 0.15) is 50.3 Å². The normalized spacial score (nSPS) is 16.9. The Morgan fingerprint density at radius 1 is 1.06 bits per heavy atom. The molecule has 1 heteroatoms. The van der Waals surface area contributed by atoms with E-state index in [1.807, 2.05) is 0 Å². The maximum absolute atomic E-state index is 2.55. The lowest BCUT2D eigenvalue weighted by Crippen LogP contribution is -2.35. The van der Waals surface area contributed by atoms with E-state index in [1.54, 1.807) is 5.56 Å². The van der Waals surface area contributed by atoms with Crippen molar-refractivity contribution < 1.29 is 0 Å². The zero-order valence-electron chi connectivity index (χ0n) is 11.0. The maximum Gasteiger partial charge on any atom is 0.0239 e. The van der Waals surface area contributed by atoms with Crippen molar-refractivity contribution in [3.05, 3.63) is 34.9 Å². The van der Waals surface area contributed by atoms with Gasteiger partial charge in [0, 0.05) is 19.1 Å². The fourth-order valence-electron chi connectivity index (χ4n) is 2.39. The summed E-state index contributed by atoms with van der Waals surface area (Å²) in [5, 5.41) is 0. The Hall–Kier alpha value is -0.820. The first kappa shape index (κ1) is 11.7. The molecule has 0 unspecified atom stereocenters. The van der Waals surface area contributed by atoms with Crippen LogP contribution >= 0.6 is 0 Å². The van der Waals surface area contributed by atoms with Gasteiger partial charge in [-0.25, -0.2) is 0 Å². The van der Waals surface area contributed by atoms with Crippen molar-refractivity contribution in [2.45, 2.75) is 52.6 Å². The van der Waals surface area contributed by atoms with Gasteiger partial charge in [-0.05, 0) is 42.9 Å². The summed E-state index contributed by atoms with van der Waals surface area (Å²) in [5.41, 5.74) is 4.59. The van der Waals surface area contributed by atoms with E-state index in [4.69, 9.17) is 0 Å². The molecule has 0 bridgehead atoms. The van der Waals surface area contributed by atoms with Crippen molar-refractivity contribution >= 4 is 0 Å². The zero-order chi connectivity index (χ0) is 11.7. The minimum atomic E-state index is 0.647. The average molecular weight is 217 g/mol. The van der Waals surface area contributed by atoms with E-state index in [9.17, 15) is 0 Å². The lowest BCUT2D eigenvalue weighted by atomic mass is 9.93. The molecular formula is C15H23N. The van der Waals surface area contributed by atoms with Crippen LogP contribution in [0.25, 0.3) is 0 Å². The quantitative estimate of drug-likeness (QED) is 0.732. The Bertz CT molecular complexity index is 366. The summed E-state index contributed by atoms with van der Waals surface area (Å²) in [6.45, 7) is 11.5. The summed E-state index contributed by atoms with van der Waals surface area (Å²) in [7, 11) is 0. The molecule has 0 amide bonds. The molecule has 88 valence electrons. The summed E-state index contributed by atoms with van der Waals surface area (Å²) in [4.78, 5) is 2.55. The van der Waals surface area contributed by atoms with Gasteiger partial charge in [0.2, 0.25) is 0 Å². The Balaban J connectivity index is 2.22. The number of rotatable bonds is 2. The molecule has 16 heavy (non-hydrogen) atoms. The fraction of sp³-hybridized carbons (Fsp3) is 0.600. The monoisotopic (exact) mass is 217 g/mol. The van der Waals surface area contributed by atoms with Crippen molar-refractivity contribution in [3.8, 4) is 0 Å².